The quantitative estimate of drug-likeness (QED) is 0.756. The summed E-state index contributed by atoms with van der Waals surface area (Å²) in [6.07, 6.45) is 5.12. The number of carboxylic acids is 1. The number of rotatable bonds is 5. The molecule has 0 spiro atoms. The van der Waals surface area contributed by atoms with Crippen LogP contribution in [-0.2, 0) is 4.79 Å². The predicted octanol–water partition coefficient (Wildman–Crippen LogP) is 2.43. The minimum Gasteiger partial charge on any atom is -0.479 e. The van der Waals surface area contributed by atoms with Crippen LogP contribution in [0.25, 0.3) is 5.69 Å². The Bertz CT molecular complexity index is 828. The van der Waals surface area contributed by atoms with Gasteiger partial charge >= 0.3 is 5.97 Å². The molecule has 0 fully saturated rings. The Morgan fingerprint density at radius 1 is 1.04 bits per heavy atom. The molecular weight excluding hydrogens is 306 g/mol. The molecule has 0 saturated carbocycles. The molecule has 3 aromatic rings. The summed E-state index contributed by atoms with van der Waals surface area (Å²) in [5, 5.41) is 11.9. The Hall–Kier alpha value is -3.41. The van der Waals surface area contributed by atoms with Crippen molar-refractivity contribution in [3.8, 4) is 5.69 Å². The standard InChI is InChI=1S/C18H15N3O3/c22-17(20-16(18(23)24)13-4-2-1-3-5-13)14-6-8-15(9-7-14)21-11-10-19-12-21/h1-12,16H,(H,20,22)(H,23,24)/t16-/m1/s1. The van der Waals surface area contributed by atoms with Crippen molar-refractivity contribution in [3.05, 3.63) is 84.4 Å². The molecule has 24 heavy (non-hydrogen) atoms. The molecule has 120 valence electrons. The number of aromatic nitrogens is 2. The summed E-state index contributed by atoms with van der Waals surface area (Å²) in [6.45, 7) is 0. The van der Waals surface area contributed by atoms with Crippen molar-refractivity contribution in [1.82, 2.24) is 14.9 Å². The van der Waals surface area contributed by atoms with Crippen LogP contribution in [0.15, 0.2) is 73.3 Å². The number of imidazole rings is 1. The fraction of sp³-hybridized carbons (Fsp3) is 0.0556. The molecule has 0 aliphatic carbocycles. The van der Waals surface area contributed by atoms with Crippen LogP contribution in [0.1, 0.15) is 22.0 Å². The third-order valence-electron chi connectivity index (χ3n) is 3.59. The lowest BCUT2D eigenvalue weighted by Crippen LogP contribution is -2.33. The Balaban J connectivity index is 1.77. The van der Waals surface area contributed by atoms with Gasteiger partial charge in [0.25, 0.3) is 5.91 Å². The lowest BCUT2D eigenvalue weighted by molar-refractivity contribution is -0.139. The summed E-state index contributed by atoms with van der Waals surface area (Å²) in [4.78, 5) is 27.8. The van der Waals surface area contributed by atoms with Crippen molar-refractivity contribution in [1.29, 1.82) is 0 Å². The molecule has 0 bridgehead atoms. The second-order valence-electron chi connectivity index (χ2n) is 5.17. The Morgan fingerprint density at radius 3 is 2.33 bits per heavy atom. The number of aliphatic carboxylic acids is 1. The van der Waals surface area contributed by atoms with Gasteiger partial charge in [0, 0.05) is 23.6 Å². The lowest BCUT2D eigenvalue weighted by atomic mass is 10.1. The van der Waals surface area contributed by atoms with Crippen LogP contribution in [0.5, 0.6) is 0 Å². The first-order chi connectivity index (χ1) is 11.6. The molecule has 1 atom stereocenters. The summed E-state index contributed by atoms with van der Waals surface area (Å²) in [7, 11) is 0. The smallest absolute Gasteiger partial charge is 0.330 e. The Kier molecular flexibility index (Phi) is 4.38. The van der Waals surface area contributed by atoms with Gasteiger partial charge in [-0.05, 0) is 29.8 Å². The molecule has 2 aromatic carbocycles. The molecule has 6 heteroatoms. The summed E-state index contributed by atoms with van der Waals surface area (Å²) >= 11 is 0. The second-order valence-corrected chi connectivity index (χ2v) is 5.17. The molecule has 3 rings (SSSR count). The zero-order valence-corrected chi connectivity index (χ0v) is 12.7. The first kappa shape index (κ1) is 15.5. The van der Waals surface area contributed by atoms with Gasteiger partial charge in [-0.3, -0.25) is 4.79 Å². The van der Waals surface area contributed by atoms with Gasteiger partial charge in [0.2, 0.25) is 0 Å². The Labute approximate surface area is 138 Å². The van der Waals surface area contributed by atoms with Crippen molar-refractivity contribution in [2.45, 2.75) is 6.04 Å². The van der Waals surface area contributed by atoms with Crippen molar-refractivity contribution in [2.24, 2.45) is 0 Å². The van der Waals surface area contributed by atoms with Gasteiger partial charge in [-0.25, -0.2) is 9.78 Å². The van der Waals surface area contributed by atoms with Gasteiger partial charge in [-0.1, -0.05) is 30.3 Å². The average molecular weight is 321 g/mol. The maximum Gasteiger partial charge on any atom is 0.330 e. The molecular formula is C18H15N3O3. The summed E-state index contributed by atoms with van der Waals surface area (Å²) < 4.78 is 1.81. The molecule has 0 radical (unpaired) electrons. The topological polar surface area (TPSA) is 84.2 Å². The highest BCUT2D eigenvalue weighted by Gasteiger charge is 2.22. The predicted molar refractivity (Wildman–Crippen MR) is 87.8 cm³/mol. The van der Waals surface area contributed by atoms with E-state index in [2.05, 4.69) is 10.3 Å². The maximum atomic E-state index is 12.3. The van der Waals surface area contributed by atoms with Crippen molar-refractivity contribution in [3.63, 3.8) is 0 Å². The monoisotopic (exact) mass is 321 g/mol. The van der Waals surface area contributed by atoms with E-state index in [9.17, 15) is 14.7 Å². The van der Waals surface area contributed by atoms with Gasteiger partial charge in [0.15, 0.2) is 6.04 Å². The lowest BCUT2D eigenvalue weighted by Gasteiger charge is -2.15. The molecule has 6 nitrogen and oxygen atoms in total. The first-order valence-electron chi connectivity index (χ1n) is 7.32. The van der Waals surface area contributed by atoms with Crippen LogP contribution in [0.3, 0.4) is 0 Å². The highest BCUT2D eigenvalue weighted by molar-refractivity contribution is 5.97. The third kappa shape index (κ3) is 3.33. The summed E-state index contributed by atoms with van der Waals surface area (Å²) in [5.41, 5.74) is 1.77. The van der Waals surface area contributed by atoms with Crippen LogP contribution in [0, 0.1) is 0 Å². The highest BCUT2D eigenvalue weighted by Crippen LogP contribution is 2.15. The van der Waals surface area contributed by atoms with Crippen molar-refractivity contribution >= 4 is 11.9 Å². The van der Waals surface area contributed by atoms with E-state index >= 15 is 0 Å². The fourth-order valence-corrected chi connectivity index (χ4v) is 2.34. The molecule has 0 unspecified atom stereocenters. The van der Waals surface area contributed by atoms with Gasteiger partial charge < -0.3 is 15.0 Å². The zero-order valence-electron chi connectivity index (χ0n) is 12.7. The third-order valence-corrected chi connectivity index (χ3v) is 3.59. The molecule has 0 aliphatic rings. The minimum atomic E-state index is -1.11. The summed E-state index contributed by atoms with van der Waals surface area (Å²) in [6, 6.07) is 14.3. The van der Waals surface area contributed by atoms with E-state index < -0.39 is 17.9 Å². The van der Waals surface area contributed by atoms with Gasteiger partial charge in [0.1, 0.15) is 0 Å². The number of nitrogens with one attached hydrogen (secondary N) is 1. The fourth-order valence-electron chi connectivity index (χ4n) is 2.34. The van der Waals surface area contributed by atoms with Crippen molar-refractivity contribution in [2.75, 3.05) is 0 Å². The highest BCUT2D eigenvalue weighted by atomic mass is 16.4. The van der Waals surface area contributed by atoms with E-state index in [1.54, 1.807) is 73.3 Å². The van der Waals surface area contributed by atoms with Gasteiger partial charge in [-0.2, -0.15) is 0 Å². The van der Waals surface area contributed by atoms with E-state index in [0.717, 1.165) is 5.69 Å². The second kappa shape index (κ2) is 6.78. The maximum absolute atomic E-state index is 12.3. The SMILES string of the molecule is O=C(N[C@@H](C(=O)O)c1ccccc1)c1ccc(-n2ccnc2)cc1. The number of nitrogens with zero attached hydrogens (tertiary/aromatic N) is 2. The number of hydrogen-bond acceptors (Lipinski definition) is 3. The van der Waals surface area contributed by atoms with E-state index in [1.165, 1.54) is 0 Å². The van der Waals surface area contributed by atoms with Crippen LogP contribution in [0.2, 0.25) is 0 Å². The molecule has 0 aliphatic heterocycles. The minimum absolute atomic E-state index is 0.390. The van der Waals surface area contributed by atoms with Crippen LogP contribution in [0.4, 0.5) is 0 Å². The normalized spacial score (nSPS) is 11.7. The molecule has 0 saturated heterocycles. The van der Waals surface area contributed by atoms with E-state index in [4.69, 9.17) is 0 Å². The zero-order chi connectivity index (χ0) is 16.9. The average Bonchev–Trinajstić information content (AvgIpc) is 3.15. The van der Waals surface area contributed by atoms with E-state index in [0.29, 0.717) is 11.1 Å². The summed E-state index contributed by atoms with van der Waals surface area (Å²) in [5.74, 6) is -1.55. The van der Waals surface area contributed by atoms with Crippen LogP contribution < -0.4 is 5.32 Å². The molecule has 1 aromatic heterocycles. The number of carboxylic acid groups (broad SMARTS) is 1. The van der Waals surface area contributed by atoms with Gasteiger partial charge in [-0.15, -0.1) is 0 Å². The van der Waals surface area contributed by atoms with E-state index in [-0.39, 0.29) is 0 Å². The van der Waals surface area contributed by atoms with Gasteiger partial charge in [0.05, 0.1) is 6.33 Å². The number of benzene rings is 2. The number of carbonyl (C=O) groups is 2. The van der Waals surface area contributed by atoms with Crippen LogP contribution >= 0.6 is 0 Å². The number of carbonyl (C=O) groups excluding carboxylic acids is 1. The number of amides is 1. The van der Waals surface area contributed by atoms with E-state index in [1.807, 2.05) is 4.57 Å². The molecule has 2 N–H and O–H groups in total. The largest absolute Gasteiger partial charge is 0.479 e. The van der Waals surface area contributed by atoms with Crippen molar-refractivity contribution < 1.29 is 14.7 Å². The Morgan fingerprint density at radius 2 is 1.75 bits per heavy atom. The number of hydrogen-bond donors (Lipinski definition) is 2. The van der Waals surface area contributed by atoms with Crippen LogP contribution in [-0.4, -0.2) is 26.5 Å². The molecule has 1 amide bonds. The molecule has 1 heterocycles. The first-order valence-corrected chi connectivity index (χ1v) is 7.32.